The molecule has 0 saturated carbocycles. The van der Waals surface area contributed by atoms with E-state index in [2.05, 4.69) is 52.7 Å². The summed E-state index contributed by atoms with van der Waals surface area (Å²) >= 11 is 0. The third-order valence-corrected chi connectivity index (χ3v) is 4.11. The number of benzene rings is 1. The van der Waals surface area contributed by atoms with Crippen LogP contribution in [0.2, 0.25) is 0 Å². The number of methoxy groups -OCH3 is 1. The van der Waals surface area contributed by atoms with Gasteiger partial charge in [0, 0.05) is 31.0 Å². The lowest BCUT2D eigenvalue weighted by Crippen LogP contribution is -2.39. The van der Waals surface area contributed by atoms with Gasteiger partial charge in [0.1, 0.15) is 5.75 Å². The number of ether oxygens (including phenoxy) is 1. The van der Waals surface area contributed by atoms with Crippen molar-refractivity contribution in [3.63, 3.8) is 0 Å². The van der Waals surface area contributed by atoms with E-state index in [1.165, 1.54) is 11.1 Å². The molecule has 5 heteroatoms. The Morgan fingerprint density at radius 1 is 1.24 bits per heavy atom. The maximum absolute atomic E-state index is 5.48. The van der Waals surface area contributed by atoms with Crippen LogP contribution >= 0.6 is 0 Å². The van der Waals surface area contributed by atoms with Gasteiger partial charge in [-0.25, -0.2) is 0 Å². The fraction of sp³-hybridized carbons (Fsp3) is 0.400. The molecule has 2 rings (SSSR count). The van der Waals surface area contributed by atoms with Gasteiger partial charge in [0.25, 0.3) is 0 Å². The highest BCUT2D eigenvalue weighted by Gasteiger charge is 2.13. The van der Waals surface area contributed by atoms with Crippen LogP contribution in [0.4, 0.5) is 0 Å². The third-order valence-electron chi connectivity index (χ3n) is 4.11. The van der Waals surface area contributed by atoms with Crippen LogP contribution in [0.25, 0.3) is 0 Å². The van der Waals surface area contributed by atoms with Crippen molar-refractivity contribution in [1.82, 2.24) is 15.6 Å². The molecule has 1 heterocycles. The maximum Gasteiger partial charge on any atom is 0.191 e. The Kier molecular flexibility index (Phi) is 6.81. The van der Waals surface area contributed by atoms with E-state index in [0.29, 0.717) is 0 Å². The zero-order valence-corrected chi connectivity index (χ0v) is 15.8. The van der Waals surface area contributed by atoms with E-state index in [9.17, 15) is 0 Å². The molecule has 5 nitrogen and oxygen atoms in total. The minimum absolute atomic E-state index is 0.0853. The van der Waals surface area contributed by atoms with Crippen molar-refractivity contribution in [2.75, 3.05) is 20.7 Å². The quantitative estimate of drug-likeness (QED) is 0.626. The van der Waals surface area contributed by atoms with Gasteiger partial charge in [-0.15, -0.1) is 0 Å². The van der Waals surface area contributed by atoms with Gasteiger partial charge < -0.3 is 15.4 Å². The van der Waals surface area contributed by atoms with E-state index in [1.807, 2.05) is 25.3 Å². The lowest BCUT2D eigenvalue weighted by atomic mass is 10.0. The topological polar surface area (TPSA) is 58.5 Å². The van der Waals surface area contributed by atoms with Crippen LogP contribution in [-0.2, 0) is 6.42 Å². The van der Waals surface area contributed by atoms with Gasteiger partial charge in [-0.1, -0.05) is 23.8 Å². The molecule has 1 unspecified atom stereocenters. The summed E-state index contributed by atoms with van der Waals surface area (Å²) < 4.78 is 5.48. The number of guanidine groups is 1. The SMILES string of the molecule is CN=C(NCCc1ccc(C)nc1)NC(C)c1cc(C)ccc1OC. The third kappa shape index (κ3) is 5.48. The van der Waals surface area contributed by atoms with Crippen molar-refractivity contribution >= 4 is 5.96 Å². The van der Waals surface area contributed by atoms with Crippen molar-refractivity contribution in [2.45, 2.75) is 33.2 Å². The summed E-state index contributed by atoms with van der Waals surface area (Å²) in [5.74, 6) is 1.66. The molecule has 0 aliphatic carbocycles. The number of aliphatic imine (C=N–C) groups is 1. The van der Waals surface area contributed by atoms with Crippen LogP contribution in [0, 0.1) is 13.8 Å². The molecule has 1 aromatic heterocycles. The second-order valence-electron chi connectivity index (χ2n) is 6.17. The number of rotatable bonds is 6. The molecule has 0 spiro atoms. The van der Waals surface area contributed by atoms with Gasteiger partial charge in [0.05, 0.1) is 13.2 Å². The number of aromatic nitrogens is 1. The lowest BCUT2D eigenvalue weighted by molar-refractivity contribution is 0.405. The second kappa shape index (κ2) is 9.06. The molecule has 0 aliphatic rings. The van der Waals surface area contributed by atoms with Crippen molar-refractivity contribution in [1.29, 1.82) is 0 Å². The molecule has 0 amide bonds. The van der Waals surface area contributed by atoms with Crippen LogP contribution in [0.3, 0.4) is 0 Å². The van der Waals surface area contributed by atoms with Crippen molar-refractivity contribution in [3.05, 3.63) is 58.9 Å². The molecular weight excluding hydrogens is 312 g/mol. The van der Waals surface area contributed by atoms with Gasteiger partial charge in [-0.2, -0.15) is 0 Å². The number of aryl methyl sites for hydroxylation is 2. The van der Waals surface area contributed by atoms with Crippen molar-refractivity contribution < 1.29 is 4.74 Å². The van der Waals surface area contributed by atoms with Gasteiger partial charge in [0.2, 0.25) is 0 Å². The number of nitrogens with one attached hydrogen (secondary N) is 2. The Bertz CT molecular complexity index is 710. The number of hydrogen-bond acceptors (Lipinski definition) is 3. The largest absolute Gasteiger partial charge is 0.496 e. The monoisotopic (exact) mass is 340 g/mol. The number of pyridine rings is 1. The van der Waals surface area contributed by atoms with E-state index in [0.717, 1.165) is 35.9 Å². The van der Waals surface area contributed by atoms with Crippen LogP contribution in [0.1, 0.15) is 35.3 Å². The summed E-state index contributed by atoms with van der Waals surface area (Å²) in [6.45, 7) is 6.98. The predicted octanol–water partition coefficient (Wildman–Crippen LogP) is 3.18. The first kappa shape index (κ1) is 18.8. The molecule has 25 heavy (non-hydrogen) atoms. The highest BCUT2D eigenvalue weighted by Crippen LogP contribution is 2.25. The minimum Gasteiger partial charge on any atom is -0.496 e. The van der Waals surface area contributed by atoms with E-state index in [-0.39, 0.29) is 6.04 Å². The van der Waals surface area contributed by atoms with Gasteiger partial charge in [-0.3, -0.25) is 9.98 Å². The molecule has 1 atom stereocenters. The van der Waals surface area contributed by atoms with Crippen LogP contribution < -0.4 is 15.4 Å². The Morgan fingerprint density at radius 3 is 2.68 bits per heavy atom. The summed E-state index contributed by atoms with van der Waals surface area (Å²) in [7, 11) is 3.48. The van der Waals surface area contributed by atoms with Crippen molar-refractivity contribution in [2.24, 2.45) is 4.99 Å². The fourth-order valence-corrected chi connectivity index (χ4v) is 2.64. The van der Waals surface area contributed by atoms with Crippen LogP contribution in [0.15, 0.2) is 41.5 Å². The highest BCUT2D eigenvalue weighted by atomic mass is 16.5. The summed E-state index contributed by atoms with van der Waals surface area (Å²) in [4.78, 5) is 8.64. The zero-order chi connectivity index (χ0) is 18.2. The predicted molar refractivity (Wildman–Crippen MR) is 103 cm³/mol. The average Bonchev–Trinajstić information content (AvgIpc) is 2.62. The Balaban J connectivity index is 1.93. The van der Waals surface area contributed by atoms with Crippen molar-refractivity contribution in [3.8, 4) is 5.75 Å². The standard InChI is InChI=1S/C20H28N4O/c1-14-6-9-19(25-5)18(12-14)16(3)24-20(21-4)22-11-10-17-8-7-15(2)23-13-17/h6-9,12-13,16H,10-11H2,1-5H3,(H2,21,22,24). The van der Waals surface area contributed by atoms with Gasteiger partial charge >= 0.3 is 0 Å². The highest BCUT2D eigenvalue weighted by molar-refractivity contribution is 5.80. The van der Waals surface area contributed by atoms with E-state index in [4.69, 9.17) is 4.74 Å². The Morgan fingerprint density at radius 2 is 2.04 bits per heavy atom. The molecule has 1 aromatic carbocycles. The molecule has 0 fully saturated rings. The summed E-state index contributed by atoms with van der Waals surface area (Å²) in [5, 5.41) is 6.78. The van der Waals surface area contributed by atoms with Crippen LogP contribution in [0.5, 0.6) is 5.75 Å². The maximum atomic E-state index is 5.48. The summed E-state index contributed by atoms with van der Waals surface area (Å²) in [6.07, 6.45) is 2.82. The first-order chi connectivity index (χ1) is 12.0. The van der Waals surface area contributed by atoms with Gasteiger partial charge in [0.15, 0.2) is 5.96 Å². The van der Waals surface area contributed by atoms with E-state index >= 15 is 0 Å². The summed E-state index contributed by atoms with van der Waals surface area (Å²) in [6, 6.07) is 10.4. The first-order valence-electron chi connectivity index (χ1n) is 8.56. The number of nitrogens with zero attached hydrogens (tertiary/aromatic N) is 2. The zero-order valence-electron chi connectivity index (χ0n) is 15.8. The molecule has 134 valence electrons. The number of hydrogen-bond donors (Lipinski definition) is 2. The average molecular weight is 340 g/mol. The molecule has 2 N–H and O–H groups in total. The Labute approximate surface area is 150 Å². The molecule has 0 aliphatic heterocycles. The van der Waals surface area contributed by atoms with E-state index < -0.39 is 0 Å². The summed E-state index contributed by atoms with van der Waals surface area (Å²) in [5.41, 5.74) is 4.57. The fourth-order valence-electron chi connectivity index (χ4n) is 2.64. The van der Waals surface area contributed by atoms with E-state index in [1.54, 1.807) is 14.2 Å². The second-order valence-corrected chi connectivity index (χ2v) is 6.17. The molecule has 0 radical (unpaired) electrons. The van der Waals surface area contributed by atoms with Gasteiger partial charge in [-0.05, 0) is 44.9 Å². The molecule has 0 bridgehead atoms. The molecule has 2 aromatic rings. The molecule has 0 saturated heterocycles. The lowest BCUT2D eigenvalue weighted by Gasteiger charge is -2.20. The smallest absolute Gasteiger partial charge is 0.191 e. The minimum atomic E-state index is 0.0853. The normalized spacial score (nSPS) is 12.6. The van der Waals surface area contributed by atoms with Crippen LogP contribution in [-0.4, -0.2) is 31.6 Å². The Hall–Kier alpha value is -2.56. The molecular formula is C20H28N4O. The first-order valence-corrected chi connectivity index (χ1v) is 8.56.